The summed E-state index contributed by atoms with van der Waals surface area (Å²) in [7, 11) is 0. The maximum Gasteiger partial charge on any atom is 0.409 e. The summed E-state index contributed by atoms with van der Waals surface area (Å²) < 4.78 is 40.5. The van der Waals surface area contributed by atoms with Gasteiger partial charge in [0.15, 0.2) is 0 Å². The third-order valence-corrected chi connectivity index (χ3v) is 5.05. The molecule has 0 radical (unpaired) electrons. The lowest BCUT2D eigenvalue weighted by atomic mass is 10.1. The van der Waals surface area contributed by atoms with Gasteiger partial charge in [0.1, 0.15) is 11.8 Å². The quantitative estimate of drug-likeness (QED) is 0.880. The number of hydrogen-bond acceptors (Lipinski definition) is 4. The van der Waals surface area contributed by atoms with E-state index in [1.807, 2.05) is 0 Å². The van der Waals surface area contributed by atoms with Crippen LogP contribution >= 0.6 is 11.8 Å². The zero-order chi connectivity index (χ0) is 18.8. The van der Waals surface area contributed by atoms with E-state index >= 15 is 0 Å². The molecule has 2 unspecified atom stereocenters. The molecule has 0 aliphatic carbocycles. The molecule has 1 aliphatic heterocycles. The van der Waals surface area contributed by atoms with E-state index in [4.69, 9.17) is 0 Å². The van der Waals surface area contributed by atoms with Crippen molar-refractivity contribution in [1.82, 2.24) is 0 Å². The minimum Gasteiger partial charge on any atom is -0.324 e. The summed E-state index contributed by atoms with van der Waals surface area (Å²) in [6.45, 7) is 2.94. The number of rotatable bonds is 4. The van der Waals surface area contributed by atoms with E-state index < -0.39 is 35.7 Å². The van der Waals surface area contributed by atoms with E-state index in [0.29, 0.717) is 4.90 Å². The summed E-state index contributed by atoms with van der Waals surface area (Å²) in [5, 5.41) is 1.89. The van der Waals surface area contributed by atoms with Crippen molar-refractivity contribution in [2.24, 2.45) is 0 Å². The highest BCUT2D eigenvalue weighted by Crippen LogP contribution is 2.38. The predicted octanol–water partition coefficient (Wildman–Crippen LogP) is 3.00. The van der Waals surface area contributed by atoms with Gasteiger partial charge in [0.05, 0.1) is 28.8 Å². The van der Waals surface area contributed by atoms with Gasteiger partial charge in [-0.05, 0) is 26.0 Å². The van der Waals surface area contributed by atoms with Crippen LogP contribution in [0.25, 0.3) is 0 Å². The van der Waals surface area contributed by atoms with Crippen molar-refractivity contribution in [2.75, 3.05) is 16.0 Å². The average molecular weight is 374 g/mol. The van der Waals surface area contributed by atoms with Gasteiger partial charge in [-0.3, -0.25) is 19.3 Å². The first kappa shape index (κ1) is 19.3. The van der Waals surface area contributed by atoms with Crippen molar-refractivity contribution in [3.05, 3.63) is 24.3 Å². The molecule has 136 valence electrons. The van der Waals surface area contributed by atoms with Gasteiger partial charge < -0.3 is 5.32 Å². The number of amides is 2. The van der Waals surface area contributed by atoms with Gasteiger partial charge in [0, 0.05) is 0 Å². The number of nitrogens with zero attached hydrogens (tertiary/aromatic N) is 1. The molecule has 2 atom stereocenters. The standard InChI is InChI=1S/C16H17F3N2O3S/c1-9(22)10(2)25-8-15(24)21-12-6-4-3-5-11(12)20-14(23)7-13(21)16(17,18)19/h3-6,10,13H,7-8H2,1-2H3,(H,20,23). The third-order valence-electron chi connectivity index (χ3n) is 3.80. The number of alkyl halides is 3. The summed E-state index contributed by atoms with van der Waals surface area (Å²) in [6, 6.07) is 3.60. The first-order valence-corrected chi connectivity index (χ1v) is 8.56. The Kier molecular flexibility index (Phi) is 5.76. The van der Waals surface area contributed by atoms with Gasteiger partial charge >= 0.3 is 6.18 Å². The van der Waals surface area contributed by atoms with Crippen molar-refractivity contribution in [3.63, 3.8) is 0 Å². The Bertz CT molecular complexity index is 693. The summed E-state index contributed by atoms with van der Waals surface area (Å²) in [5.41, 5.74) is 0.147. The second-order valence-corrected chi connectivity index (χ2v) is 6.98. The highest BCUT2D eigenvalue weighted by molar-refractivity contribution is 8.01. The monoisotopic (exact) mass is 374 g/mol. The predicted molar refractivity (Wildman–Crippen MR) is 89.6 cm³/mol. The minimum atomic E-state index is -4.76. The number of para-hydroxylation sites is 2. The van der Waals surface area contributed by atoms with Crippen LogP contribution in [0.4, 0.5) is 24.5 Å². The lowest BCUT2D eigenvalue weighted by Gasteiger charge is -2.31. The number of carbonyl (C=O) groups is 3. The highest BCUT2D eigenvalue weighted by atomic mass is 32.2. The Morgan fingerprint density at radius 3 is 2.60 bits per heavy atom. The SMILES string of the molecule is CC(=O)C(C)SCC(=O)N1c2ccccc2NC(=O)CC1C(F)(F)F. The molecule has 2 rings (SSSR count). The van der Waals surface area contributed by atoms with Crippen molar-refractivity contribution in [2.45, 2.75) is 37.7 Å². The van der Waals surface area contributed by atoms with Gasteiger partial charge in [-0.2, -0.15) is 13.2 Å². The molecule has 1 aliphatic rings. The van der Waals surface area contributed by atoms with Crippen molar-refractivity contribution in [3.8, 4) is 0 Å². The number of Topliss-reactive ketones (excluding diaryl/α,β-unsaturated/α-hetero) is 1. The summed E-state index contributed by atoms with van der Waals surface area (Å²) in [4.78, 5) is 36.3. The molecule has 0 fully saturated rings. The van der Waals surface area contributed by atoms with Crippen LogP contribution < -0.4 is 10.2 Å². The molecule has 9 heteroatoms. The molecule has 5 nitrogen and oxygen atoms in total. The Labute approximate surface area is 146 Å². The van der Waals surface area contributed by atoms with Crippen LogP contribution in [0.3, 0.4) is 0 Å². The third kappa shape index (κ3) is 4.53. The maximum atomic E-state index is 13.5. The molecular formula is C16H17F3N2O3S. The molecule has 25 heavy (non-hydrogen) atoms. The van der Waals surface area contributed by atoms with Gasteiger partial charge in [0.2, 0.25) is 11.8 Å². The molecule has 0 saturated carbocycles. The Balaban J connectivity index is 2.39. The molecular weight excluding hydrogens is 357 g/mol. The average Bonchev–Trinajstić information content (AvgIpc) is 2.67. The molecule has 0 saturated heterocycles. The molecule has 1 aromatic rings. The van der Waals surface area contributed by atoms with Crippen molar-refractivity contribution >= 4 is 40.7 Å². The fraction of sp³-hybridized carbons (Fsp3) is 0.438. The highest BCUT2D eigenvalue weighted by Gasteiger charge is 2.48. The lowest BCUT2D eigenvalue weighted by molar-refractivity contribution is -0.157. The second-order valence-electron chi connectivity index (χ2n) is 5.65. The van der Waals surface area contributed by atoms with Gasteiger partial charge in [0.25, 0.3) is 0 Å². The number of carbonyl (C=O) groups excluding carboxylic acids is 3. The fourth-order valence-corrected chi connectivity index (χ4v) is 3.15. The van der Waals surface area contributed by atoms with Crippen LogP contribution in [0.5, 0.6) is 0 Å². The number of hydrogen-bond donors (Lipinski definition) is 1. The number of anilines is 2. The molecule has 0 bridgehead atoms. The minimum absolute atomic E-state index is 0.00301. The molecule has 1 heterocycles. The van der Waals surface area contributed by atoms with Gasteiger partial charge in [-0.25, -0.2) is 0 Å². The number of thioether (sulfide) groups is 1. The first-order valence-electron chi connectivity index (χ1n) is 7.51. The number of benzene rings is 1. The topological polar surface area (TPSA) is 66.5 Å². The van der Waals surface area contributed by atoms with Gasteiger partial charge in [-0.1, -0.05) is 12.1 Å². The second kappa shape index (κ2) is 7.47. The van der Waals surface area contributed by atoms with Crippen LogP contribution in [0.15, 0.2) is 24.3 Å². The first-order chi connectivity index (χ1) is 11.6. The summed E-state index contributed by atoms with van der Waals surface area (Å²) >= 11 is 0.968. The summed E-state index contributed by atoms with van der Waals surface area (Å²) in [6.07, 6.45) is -5.64. The van der Waals surface area contributed by atoms with E-state index in [-0.39, 0.29) is 22.9 Å². The zero-order valence-electron chi connectivity index (χ0n) is 13.6. The van der Waals surface area contributed by atoms with Crippen molar-refractivity contribution in [1.29, 1.82) is 0 Å². The Morgan fingerprint density at radius 1 is 1.36 bits per heavy atom. The smallest absolute Gasteiger partial charge is 0.324 e. The van der Waals surface area contributed by atoms with Crippen molar-refractivity contribution < 1.29 is 27.6 Å². The van der Waals surface area contributed by atoms with E-state index in [9.17, 15) is 27.6 Å². The van der Waals surface area contributed by atoms with E-state index in [0.717, 1.165) is 11.8 Å². The molecule has 1 N–H and O–H groups in total. The van der Waals surface area contributed by atoms with Crippen LogP contribution in [0.2, 0.25) is 0 Å². The maximum absolute atomic E-state index is 13.5. The molecule has 2 amide bonds. The van der Waals surface area contributed by atoms with Gasteiger partial charge in [-0.15, -0.1) is 11.8 Å². The summed E-state index contributed by atoms with van der Waals surface area (Å²) in [5.74, 6) is -2.08. The number of nitrogens with one attached hydrogen (secondary N) is 1. The Hall–Kier alpha value is -2.03. The Morgan fingerprint density at radius 2 is 2.00 bits per heavy atom. The van der Waals surface area contributed by atoms with Crippen LogP contribution in [0.1, 0.15) is 20.3 Å². The molecule has 0 spiro atoms. The zero-order valence-corrected chi connectivity index (χ0v) is 14.4. The van der Waals surface area contributed by atoms with E-state index in [2.05, 4.69) is 5.32 Å². The van der Waals surface area contributed by atoms with E-state index in [1.54, 1.807) is 13.0 Å². The van der Waals surface area contributed by atoms with Crippen LogP contribution in [0, 0.1) is 0 Å². The van der Waals surface area contributed by atoms with Crippen LogP contribution in [-0.2, 0) is 14.4 Å². The largest absolute Gasteiger partial charge is 0.409 e. The molecule has 1 aromatic carbocycles. The van der Waals surface area contributed by atoms with E-state index in [1.165, 1.54) is 25.1 Å². The lowest BCUT2D eigenvalue weighted by Crippen LogP contribution is -2.50. The molecule has 0 aromatic heterocycles. The number of fused-ring (bicyclic) bond motifs is 1. The normalized spacial score (nSPS) is 18.8. The van der Waals surface area contributed by atoms with Crippen LogP contribution in [-0.4, -0.2) is 40.8 Å². The number of ketones is 1. The number of halogens is 3. The fourth-order valence-electron chi connectivity index (χ4n) is 2.38.